The summed E-state index contributed by atoms with van der Waals surface area (Å²) in [6, 6.07) is 29.8. The third kappa shape index (κ3) is 5.36. The lowest BCUT2D eigenvalue weighted by atomic mass is 10.2. The Kier molecular flexibility index (Phi) is 7.21. The molecule has 0 heterocycles. The summed E-state index contributed by atoms with van der Waals surface area (Å²) in [5.74, 6) is 0. The predicted molar refractivity (Wildman–Crippen MR) is 137 cm³/mol. The Morgan fingerprint density at radius 1 is 0.806 bits per heavy atom. The van der Waals surface area contributed by atoms with Crippen LogP contribution in [-0.2, 0) is 8.99 Å². The average Bonchev–Trinajstić information content (AvgIpc) is 2.77. The van der Waals surface area contributed by atoms with Crippen molar-refractivity contribution in [1.29, 1.82) is 0 Å². The van der Waals surface area contributed by atoms with E-state index >= 15 is 0 Å². The second-order valence-electron chi connectivity index (χ2n) is 9.38. The molecular weight excluding hydrogens is 415 g/mol. The fraction of sp³-hybridized carbons (Fsp3) is 0.259. The van der Waals surface area contributed by atoms with Gasteiger partial charge in [0.05, 0.1) is 6.61 Å². The molecule has 4 heteroatoms. The molecule has 0 bridgehead atoms. The van der Waals surface area contributed by atoms with Gasteiger partial charge in [0.1, 0.15) is 0 Å². The molecular formula is C27H33O2PSi. The van der Waals surface area contributed by atoms with Gasteiger partial charge in [0.25, 0.3) is 0 Å². The minimum Gasteiger partial charge on any atom is -0.412 e. The molecule has 0 aliphatic rings. The van der Waals surface area contributed by atoms with E-state index in [0.29, 0.717) is 6.61 Å². The van der Waals surface area contributed by atoms with Gasteiger partial charge in [0.2, 0.25) is 0 Å². The summed E-state index contributed by atoms with van der Waals surface area (Å²) in [6.07, 6.45) is 2.06. The predicted octanol–water partition coefficient (Wildman–Crippen LogP) is 7.06. The Balaban J connectivity index is 2.17. The molecule has 0 aromatic heterocycles. The van der Waals surface area contributed by atoms with Crippen LogP contribution in [0.2, 0.25) is 18.1 Å². The second-order valence-corrected chi connectivity index (χ2v) is 17.0. The third-order valence-electron chi connectivity index (χ3n) is 6.16. The molecule has 0 spiro atoms. The Labute approximate surface area is 188 Å². The van der Waals surface area contributed by atoms with Crippen molar-refractivity contribution in [3.05, 3.63) is 102 Å². The molecule has 0 aliphatic carbocycles. The van der Waals surface area contributed by atoms with Gasteiger partial charge in [-0.05, 0) is 29.8 Å². The molecule has 3 aromatic rings. The maximum Gasteiger partial charge on any atom is 0.192 e. The van der Waals surface area contributed by atoms with Crippen molar-refractivity contribution in [2.24, 2.45) is 0 Å². The van der Waals surface area contributed by atoms with Crippen molar-refractivity contribution in [2.75, 3.05) is 6.61 Å². The van der Waals surface area contributed by atoms with Crippen LogP contribution in [0.1, 0.15) is 26.3 Å². The van der Waals surface area contributed by atoms with Crippen molar-refractivity contribution < 1.29 is 8.99 Å². The minimum absolute atomic E-state index is 0.0777. The lowest BCUT2D eigenvalue weighted by Gasteiger charge is -2.37. The number of rotatable bonds is 7. The van der Waals surface area contributed by atoms with Crippen molar-refractivity contribution in [3.63, 3.8) is 0 Å². The third-order valence-corrected chi connectivity index (χ3v) is 13.8. The first-order chi connectivity index (χ1) is 14.6. The van der Waals surface area contributed by atoms with E-state index in [2.05, 4.69) is 39.9 Å². The quantitative estimate of drug-likeness (QED) is 0.286. The molecule has 3 aromatic carbocycles. The van der Waals surface area contributed by atoms with Crippen LogP contribution in [-0.4, -0.2) is 14.9 Å². The summed E-state index contributed by atoms with van der Waals surface area (Å²) in [7, 11) is -5.11. The standard InChI is InChI=1S/C27H33O2PSi/c1-27(2,3)31(4,5)29-22-26(21-23-15-9-6-10-16-23)30(28,24-17-11-7-12-18-24)25-19-13-8-14-20-25/h6-21H,22H2,1-5H3/b26-21-. The Morgan fingerprint density at radius 2 is 1.23 bits per heavy atom. The molecule has 3 rings (SSSR count). The normalized spacial score (nSPS) is 13.3. The maximum absolute atomic E-state index is 15.0. The van der Waals surface area contributed by atoms with Crippen LogP contribution in [0.15, 0.2) is 96.3 Å². The van der Waals surface area contributed by atoms with Crippen LogP contribution < -0.4 is 10.6 Å². The maximum atomic E-state index is 15.0. The van der Waals surface area contributed by atoms with Crippen molar-refractivity contribution >= 4 is 32.1 Å². The summed E-state index contributed by atoms with van der Waals surface area (Å²) >= 11 is 0. The lowest BCUT2D eigenvalue weighted by Crippen LogP contribution is -2.41. The summed E-state index contributed by atoms with van der Waals surface area (Å²) in [6.45, 7) is 11.5. The molecule has 0 fully saturated rings. The molecule has 0 radical (unpaired) electrons. The molecule has 162 valence electrons. The first kappa shape index (κ1) is 23.5. The van der Waals surface area contributed by atoms with Crippen LogP contribution in [0.25, 0.3) is 6.08 Å². The van der Waals surface area contributed by atoms with Gasteiger partial charge in [-0.1, -0.05) is 112 Å². The zero-order chi connectivity index (χ0) is 22.5. The van der Waals surface area contributed by atoms with Gasteiger partial charge in [-0.25, -0.2) is 0 Å². The van der Waals surface area contributed by atoms with Crippen LogP contribution in [0, 0.1) is 0 Å². The number of benzene rings is 3. The smallest absolute Gasteiger partial charge is 0.192 e. The molecule has 2 nitrogen and oxygen atoms in total. The minimum atomic E-state index is -3.08. The largest absolute Gasteiger partial charge is 0.412 e. The van der Waals surface area contributed by atoms with E-state index in [1.165, 1.54) is 0 Å². The fourth-order valence-corrected chi connectivity index (χ4v) is 6.99. The van der Waals surface area contributed by atoms with Crippen LogP contribution >= 0.6 is 7.14 Å². The molecule has 0 N–H and O–H groups in total. The van der Waals surface area contributed by atoms with Gasteiger partial charge < -0.3 is 8.99 Å². The Morgan fingerprint density at radius 3 is 1.65 bits per heavy atom. The van der Waals surface area contributed by atoms with Crippen LogP contribution in [0.3, 0.4) is 0 Å². The van der Waals surface area contributed by atoms with E-state index in [1.54, 1.807) is 0 Å². The zero-order valence-corrected chi connectivity index (χ0v) is 21.1. The highest BCUT2D eigenvalue weighted by Gasteiger charge is 2.39. The van der Waals surface area contributed by atoms with Gasteiger partial charge in [-0.2, -0.15) is 0 Å². The molecule has 0 atom stereocenters. The summed E-state index contributed by atoms with van der Waals surface area (Å²) in [5.41, 5.74) is 1.03. The van der Waals surface area contributed by atoms with Gasteiger partial charge in [-0.3, -0.25) is 0 Å². The van der Waals surface area contributed by atoms with E-state index in [1.807, 2.05) is 91.0 Å². The van der Waals surface area contributed by atoms with Crippen molar-refractivity contribution in [3.8, 4) is 0 Å². The number of hydrogen-bond acceptors (Lipinski definition) is 2. The van der Waals surface area contributed by atoms with Crippen LogP contribution in [0.5, 0.6) is 0 Å². The topological polar surface area (TPSA) is 26.3 Å². The van der Waals surface area contributed by atoms with E-state index in [-0.39, 0.29) is 5.04 Å². The molecule has 0 saturated heterocycles. The summed E-state index contributed by atoms with van der Waals surface area (Å²) in [4.78, 5) is 0. The summed E-state index contributed by atoms with van der Waals surface area (Å²) < 4.78 is 21.6. The molecule has 0 saturated carbocycles. The first-order valence-corrected chi connectivity index (χ1v) is 15.4. The fourth-order valence-electron chi connectivity index (χ4n) is 3.19. The van der Waals surface area contributed by atoms with E-state index in [4.69, 9.17) is 4.43 Å². The van der Waals surface area contributed by atoms with Gasteiger partial charge >= 0.3 is 0 Å². The van der Waals surface area contributed by atoms with Crippen LogP contribution in [0.4, 0.5) is 0 Å². The monoisotopic (exact) mass is 448 g/mol. The Hall–Kier alpha value is -2.19. The highest BCUT2D eigenvalue weighted by molar-refractivity contribution is 7.82. The zero-order valence-electron chi connectivity index (χ0n) is 19.2. The van der Waals surface area contributed by atoms with Gasteiger partial charge in [0.15, 0.2) is 15.5 Å². The molecule has 0 amide bonds. The summed E-state index contributed by atoms with van der Waals surface area (Å²) in [5, 5.41) is 2.58. The SMILES string of the molecule is CC(C)(C)[Si](C)(C)OC/C(=C/c1ccccc1)P(=O)(c1ccccc1)c1ccccc1. The number of hydrogen-bond donors (Lipinski definition) is 0. The van der Waals surface area contributed by atoms with Crippen molar-refractivity contribution in [2.45, 2.75) is 38.9 Å². The van der Waals surface area contributed by atoms with Gasteiger partial charge in [0, 0.05) is 15.9 Å². The highest BCUT2D eigenvalue weighted by Crippen LogP contribution is 2.53. The Bertz CT molecular complexity index is 1010. The molecule has 0 aliphatic heterocycles. The van der Waals surface area contributed by atoms with E-state index < -0.39 is 15.5 Å². The second kappa shape index (κ2) is 9.52. The lowest BCUT2D eigenvalue weighted by molar-refractivity contribution is 0.325. The van der Waals surface area contributed by atoms with Crippen molar-refractivity contribution in [1.82, 2.24) is 0 Å². The van der Waals surface area contributed by atoms with E-state index in [9.17, 15) is 4.57 Å². The average molecular weight is 449 g/mol. The van der Waals surface area contributed by atoms with E-state index in [0.717, 1.165) is 21.5 Å². The molecule has 31 heavy (non-hydrogen) atoms. The first-order valence-electron chi connectivity index (χ1n) is 10.8. The molecule has 0 unspecified atom stereocenters. The highest BCUT2D eigenvalue weighted by atomic mass is 31.2. The van der Waals surface area contributed by atoms with Gasteiger partial charge in [-0.15, -0.1) is 0 Å².